The largest absolute Gasteiger partial charge is 0.371 e. The number of benzene rings is 5. The third-order valence-electron chi connectivity index (χ3n) is 8.31. The normalized spacial score (nSPS) is 20.1. The van der Waals surface area contributed by atoms with Crippen LogP contribution in [-0.4, -0.2) is 38.3 Å². The first-order valence-corrected chi connectivity index (χ1v) is 15.6. The highest BCUT2D eigenvalue weighted by atomic mass is 16.7. The van der Waals surface area contributed by atoms with Gasteiger partial charge in [0.1, 0.15) is 11.7 Å². The Morgan fingerprint density at radius 2 is 1.00 bits per heavy atom. The van der Waals surface area contributed by atoms with Crippen LogP contribution >= 0.6 is 0 Å². The van der Waals surface area contributed by atoms with E-state index in [1.54, 1.807) is 7.11 Å². The molecule has 0 aromatic heterocycles. The van der Waals surface area contributed by atoms with Crippen LogP contribution in [0.1, 0.15) is 34.2 Å². The Balaban J connectivity index is 1.28. The van der Waals surface area contributed by atoms with Crippen molar-refractivity contribution in [1.29, 1.82) is 0 Å². The van der Waals surface area contributed by atoms with Gasteiger partial charge >= 0.3 is 0 Å². The minimum absolute atomic E-state index is 0.277. The Morgan fingerprint density at radius 3 is 1.44 bits per heavy atom. The molecule has 1 heterocycles. The molecule has 0 bridgehead atoms. The van der Waals surface area contributed by atoms with Gasteiger partial charge in [0.15, 0.2) is 6.29 Å². The predicted molar refractivity (Wildman–Crippen MR) is 175 cm³/mol. The molecule has 0 aliphatic carbocycles. The zero-order chi connectivity index (χ0) is 30.7. The molecule has 1 fully saturated rings. The maximum atomic E-state index is 7.12. The van der Waals surface area contributed by atoms with Crippen molar-refractivity contribution in [2.24, 2.45) is 0 Å². The summed E-state index contributed by atoms with van der Waals surface area (Å²) >= 11 is 0. The second kappa shape index (κ2) is 15.3. The zero-order valence-electron chi connectivity index (χ0n) is 25.6. The summed E-state index contributed by atoms with van der Waals surface area (Å²) in [4.78, 5) is 0. The fourth-order valence-electron chi connectivity index (χ4n) is 6.07. The first-order valence-electron chi connectivity index (χ1n) is 15.6. The summed E-state index contributed by atoms with van der Waals surface area (Å²) in [6, 6.07) is 51.5. The first kappa shape index (κ1) is 30.9. The lowest BCUT2D eigenvalue weighted by molar-refractivity contribution is -0.288. The van der Waals surface area contributed by atoms with Crippen molar-refractivity contribution in [1.82, 2.24) is 0 Å². The molecule has 1 aliphatic heterocycles. The average Bonchev–Trinajstić information content (AvgIpc) is 3.12. The topological polar surface area (TPSA) is 46.2 Å². The van der Waals surface area contributed by atoms with E-state index in [0.717, 1.165) is 27.8 Å². The number of hydrogen-bond donors (Lipinski definition) is 0. The molecule has 0 radical (unpaired) electrons. The summed E-state index contributed by atoms with van der Waals surface area (Å²) in [7, 11) is 1.66. The zero-order valence-corrected chi connectivity index (χ0v) is 25.6. The van der Waals surface area contributed by atoms with Crippen molar-refractivity contribution in [3.05, 3.63) is 179 Å². The molecule has 5 nitrogen and oxygen atoms in total. The van der Waals surface area contributed by atoms with Gasteiger partial charge in [-0.3, -0.25) is 0 Å². The van der Waals surface area contributed by atoms with Gasteiger partial charge in [-0.25, -0.2) is 0 Å². The van der Waals surface area contributed by atoms with E-state index in [0.29, 0.717) is 26.2 Å². The monoisotopic (exact) mass is 600 g/mol. The van der Waals surface area contributed by atoms with E-state index >= 15 is 0 Å². The van der Waals surface area contributed by atoms with Crippen molar-refractivity contribution in [3.8, 4) is 0 Å². The van der Waals surface area contributed by atoms with E-state index in [-0.39, 0.29) is 12.2 Å². The molecule has 5 heteroatoms. The van der Waals surface area contributed by atoms with Gasteiger partial charge in [-0.15, -0.1) is 0 Å². The molecule has 1 aliphatic rings. The van der Waals surface area contributed by atoms with Crippen molar-refractivity contribution in [2.45, 2.75) is 49.8 Å². The average molecular weight is 601 g/mol. The predicted octanol–water partition coefficient (Wildman–Crippen LogP) is 7.93. The fourth-order valence-corrected chi connectivity index (χ4v) is 6.07. The summed E-state index contributed by atoms with van der Waals surface area (Å²) in [5.41, 5.74) is 4.46. The molecule has 0 spiro atoms. The van der Waals surface area contributed by atoms with Crippen LogP contribution in [0.4, 0.5) is 0 Å². The SMILES string of the molecule is CO[C@H]1O[C@H](COC(c2ccccc2)(c2ccccc2)c2ccccc2)C[C@H](OCc2ccccc2)[C@H]1OCc1ccccc1. The van der Waals surface area contributed by atoms with Crippen molar-refractivity contribution in [2.75, 3.05) is 13.7 Å². The number of hydrogen-bond acceptors (Lipinski definition) is 5. The standard InChI is InChI=1S/C40H40O5/c1-41-39-38(43-29-32-19-9-3-10-20-32)37(42-28-31-17-7-2-8-18-31)27-36(45-39)30-44-40(33-21-11-4-12-22-33,34-23-13-5-14-24-34)35-25-15-6-16-26-35/h2-26,36-39H,27-30H2,1H3/t36-,37-,38+,39-/m0/s1. The van der Waals surface area contributed by atoms with Crippen LogP contribution in [0.3, 0.4) is 0 Å². The van der Waals surface area contributed by atoms with E-state index in [2.05, 4.69) is 97.1 Å². The van der Waals surface area contributed by atoms with Crippen LogP contribution in [0.5, 0.6) is 0 Å². The highest BCUT2D eigenvalue weighted by Gasteiger charge is 2.43. The van der Waals surface area contributed by atoms with Crippen LogP contribution in [0.2, 0.25) is 0 Å². The molecule has 1 saturated heterocycles. The van der Waals surface area contributed by atoms with Crippen LogP contribution in [0.25, 0.3) is 0 Å². The van der Waals surface area contributed by atoms with Gasteiger partial charge < -0.3 is 23.7 Å². The highest BCUT2D eigenvalue weighted by Crippen LogP contribution is 2.41. The molecular formula is C40H40O5. The number of methoxy groups -OCH3 is 1. The molecule has 5 aromatic carbocycles. The van der Waals surface area contributed by atoms with Gasteiger partial charge in [-0.2, -0.15) is 0 Å². The van der Waals surface area contributed by atoms with Crippen LogP contribution < -0.4 is 0 Å². The molecule has 0 saturated carbocycles. The molecule has 230 valence electrons. The fraction of sp³-hybridized carbons (Fsp3) is 0.250. The highest BCUT2D eigenvalue weighted by molar-refractivity contribution is 5.47. The van der Waals surface area contributed by atoms with E-state index in [4.69, 9.17) is 23.7 Å². The molecule has 0 N–H and O–H groups in total. The van der Waals surface area contributed by atoms with E-state index < -0.39 is 18.0 Å². The molecule has 5 aromatic rings. The van der Waals surface area contributed by atoms with Crippen molar-refractivity contribution >= 4 is 0 Å². The maximum Gasteiger partial charge on any atom is 0.186 e. The molecule has 4 atom stereocenters. The number of ether oxygens (including phenoxy) is 5. The summed E-state index contributed by atoms with van der Waals surface area (Å²) in [5, 5.41) is 0. The Bertz CT molecular complexity index is 1450. The van der Waals surface area contributed by atoms with Gasteiger partial charge in [0.25, 0.3) is 0 Å². The van der Waals surface area contributed by atoms with E-state index in [1.165, 1.54) is 0 Å². The van der Waals surface area contributed by atoms with Crippen molar-refractivity contribution in [3.63, 3.8) is 0 Å². The number of rotatable bonds is 13. The molecule has 0 amide bonds. The summed E-state index contributed by atoms with van der Waals surface area (Å²) in [6.45, 7) is 1.21. The van der Waals surface area contributed by atoms with Gasteiger partial charge in [0.2, 0.25) is 0 Å². The Morgan fingerprint density at radius 1 is 0.578 bits per heavy atom. The lowest BCUT2D eigenvalue weighted by Gasteiger charge is -2.42. The third-order valence-corrected chi connectivity index (χ3v) is 8.31. The van der Waals surface area contributed by atoms with E-state index in [9.17, 15) is 0 Å². The lowest BCUT2D eigenvalue weighted by atomic mass is 9.80. The van der Waals surface area contributed by atoms with E-state index in [1.807, 2.05) is 54.6 Å². The quantitative estimate of drug-likeness (QED) is 0.129. The second-order valence-corrected chi connectivity index (χ2v) is 11.3. The summed E-state index contributed by atoms with van der Waals surface area (Å²) in [5.74, 6) is 0. The van der Waals surface area contributed by atoms with Crippen molar-refractivity contribution < 1.29 is 23.7 Å². The maximum absolute atomic E-state index is 7.12. The van der Waals surface area contributed by atoms with Crippen LogP contribution in [0.15, 0.2) is 152 Å². The van der Waals surface area contributed by atoms with Gasteiger partial charge in [-0.05, 0) is 27.8 Å². The van der Waals surface area contributed by atoms with Crippen LogP contribution in [0, 0.1) is 0 Å². The Labute approximate surface area is 266 Å². The molecule has 0 unspecified atom stereocenters. The lowest BCUT2D eigenvalue weighted by Crippen LogP contribution is -2.53. The summed E-state index contributed by atoms with van der Waals surface area (Å²) in [6.07, 6.45) is -1.04. The minimum Gasteiger partial charge on any atom is -0.371 e. The first-order chi connectivity index (χ1) is 22.3. The molecule has 6 rings (SSSR count). The van der Waals surface area contributed by atoms with Crippen LogP contribution in [-0.2, 0) is 42.5 Å². The smallest absolute Gasteiger partial charge is 0.186 e. The second-order valence-electron chi connectivity index (χ2n) is 11.3. The van der Waals surface area contributed by atoms with Gasteiger partial charge in [-0.1, -0.05) is 152 Å². The summed E-state index contributed by atoms with van der Waals surface area (Å²) < 4.78 is 32.6. The minimum atomic E-state index is -0.850. The Hall–Kier alpha value is -4.10. The van der Waals surface area contributed by atoms with Gasteiger partial charge in [0, 0.05) is 13.5 Å². The third kappa shape index (κ3) is 7.42. The molecule has 45 heavy (non-hydrogen) atoms. The molecular weight excluding hydrogens is 560 g/mol. The van der Waals surface area contributed by atoms with Gasteiger partial charge in [0.05, 0.1) is 32.0 Å². The Kier molecular flexibility index (Phi) is 10.5.